The third kappa shape index (κ3) is 5.55. The minimum atomic E-state index is -1.95. The summed E-state index contributed by atoms with van der Waals surface area (Å²) < 4.78 is 9.08. The SMILES string of the molecule is c1ccc(-c2ccc(-c3nc(-n4c5ccc(S(c6ccccc6)(c6ccccc6)c6ccccc6)cc5c5ccc6c7ccccc7oc6c54)nc4ccccc34)cc2)cc1. The molecule has 0 atom stereocenters. The third-order valence-corrected chi connectivity index (χ3v) is 15.8. The van der Waals surface area contributed by atoms with Crippen LogP contribution in [0.5, 0.6) is 0 Å². The second kappa shape index (κ2) is 14.2. The number of furan rings is 1. The van der Waals surface area contributed by atoms with E-state index in [9.17, 15) is 0 Å². The minimum absolute atomic E-state index is 0.592. The molecule has 0 aliphatic rings. The Bertz CT molecular complexity index is 3470. The van der Waals surface area contributed by atoms with Crippen molar-refractivity contribution in [3.63, 3.8) is 0 Å². The van der Waals surface area contributed by atoms with Crippen molar-refractivity contribution in [1.82, 2.24) is 14.5 Å². The lowest BCUT2D eigenvalue weighted by Crippen LogP contribution is -2.05. The number of hydrogen-bond donors (Lipinski definition) is 0. The Morgan fingerprint density at radius 1 is 0.377 bits per heavy atom. The lowest BCUT2D eigenvalue weighted by molar-refractivity contribution is 0.671. The zero-order valence-electron chi connectivity index (χ0n) is 33.0. The number of nitrogens with zero attached hydrogens (tertiary/aromatic N) is 3. The molecule has 4 nitrogen and oxygen atoms in total. The van der Waals surface area contributed by atoms with Gasteiger partial charge in [-0.15, -0.1) is 10.0 Å². The van der Waals surface area contributed by atoms with Crippen LogP contribution in [0.15, 0.2) is 248 Å². The van der Waals surface area contributed by atoms with E-state index >= 15 is 0 Å². The van der Waals surface area contributed by atoms with E-state index in [0.717, 1.165) is 71.5 Å². The van der Waals surface area contributed by atoms with Crippen LogP contribution in [0, 0.1) is 0 Å². The highest BCUT2D eigenvalue weighted by Gasteiger charge is 2.34. The van der Waals surface area contributed by atoms with Crippen molar-refractivity contribution in [2.24, 2.45) is 0 Å². The summed E-state index contributed by atoms with van der Waals surface area (Å²) in [5, 5.41) is 5.33. The van der Waals surface area contributed by atoms with E-state index in [0.29, 0.717) is 5.95 Å². The Morgan fingerprint density at radius 2 is 0.918 bits per heavy atom. The molecule has 3 aromatic heterocycles. The number of benzene rings is 9. The first-order valence-corrected chi connectivity index (χ1v) is 22.2. The fraction of sp³-hybridized carbons (Fsp3) is 0. The third-order valence-electron chi connectivity index (χ3n) is 11.9. The lowest BCUT2D eigenvalue weighted by atomic mass is 10.0. The highest BCUT2D eigenvalue weighted by atomic mass is 32.3. The Kier molecular flexibility index (Phi) is 8.22. The van der Waals surface area contributed by atoms with E-state index in [1.54, 1.807) is 0 Å². The molecule has 61 heavy (non-hydrogen) atoms. The van der Waals surface area contributed by atoms with Gasteiger partial charge in [-0.3, -0.25) is 4.57 Å². The minimum Gasteiger partial charge on any atom is -0.454 e. The van der Waals surface area contributed by atoms with Crippen molar-refractivity contribution in [2.45, 2.75) is 19.6 Å². The van der Waals surface area contributed by atoms with E-state index in [1.807, 2.05) is 18.2 Å². The standard InChI is InChI=1S/C56H37N3OS/c1-5-17-38(18-6-1)39-29-31-40(32-30-39)53-48-26-13-15-27-50(48)57-56(58-53)59-51-36-33-44(37-49(51)46-34-35-47-45-25-14-16-28-52(45)60-55(47)54(46)59)61(41-19-7-2-8-20-41,42-21-9-3-10-22-42)43-23-11-4-12-24-43/h1-37H. The van der Waals surface area contributed by atoms with Gasteiger partial charge in [-0.05, 0) is 83.9 Å². The first-order chi connectivity index (χ1) is 30.3. The van der Waals surface area contributed by atoms with E-state index in [-0.39, 0.29) is 0 Å². The van der Waals surface area contributed by atoms with Crippen LogP contribution in [0.4, 0.5) is 0 Å². The van der Waals surface area contributed by atoms with E-state index in [1.165, 1.54) is 25.1 Å². The van der Waals surface area contributed by atoms with Crippen LogP contribution in [-0.4, -0.2) is 14.5 Å². The molecule has 12 aromatic rings. The second-order valence-electron chi connectivity index (χ2n) is 15.3. The molecule has 0 radical (unpaired) electrons. The molecule has 0 saturated carbocycles. The molecule has 12 rings (SSSR count). The monoisotopic (exact) mass is 799 g/mol. The molecule has 0 amide bonds. The summed E-state index contributed by atoms with van der Waals surface area (Å²) in [6, 6.07) is 80.4. The van der Waals surface area contributed by atoms with Crippen LogP contribution in [0.2, 0.25) is 0 Å². The molecule has 0 N–H and O–H groups in total. The molecule has 288 valence electrons. The van der Waals surface area contributed by atoms with Gasteiger partial charge in [-0.25, -0.2) is 9.97 Å². The average molecular weight is 800 g/mol. The van der Waals surface area contributed by atoms with Gasteiger partial charge >= 0.3 is 0 Å². The zero-order chi connectivity index (χ0) is 40.3. The molecule has 0 fully saturated rings. The van der Waals surface area contributed by atoms with Crippen LogP contribution in [0.25, 0.3) is 83.0 Å². The molecular formula is C56H37N3OS. The molecule has 3 heterocycles. The smallest absolute Gasteiger partial charge is 0.235 e. The molecule has 0 bridgehead atoms. The molecule has 0 aliphatic carbocycles. The van der Waals surface area contributed by atoms with Crippen molar-refractivity contribution in [3.05, 3.63) is 224 Å². The number of rotatable bonds is 7. The van der Waals surface area contributed by atoms with Gasteiger partial charge in [-0.1, -0.05) is 152 Å². The Morgan fingerprint density at radius 3 is 1.59 bits per heavy atom. The van der Waals surface area contributed by atoms with Crippen molar-refractivity contribution in [1.29, 1.82) is 0 Å². The Labute approximate surface area is 354 Å². The second-order valence-corrected chi connectivity index (χ2v) is 18.4. The molecule has 0 spiro atoms. The normalized spacial score (nSPS) is 12.2. The maximum Gasteiger partial charge on any atom is 0.235 e. The maximum absolute atomic E-state index is 6.85. The molecular weight excluding hydrogens is 763 g/mol. The van der Waals surface area contributed by atoms with Gasteiger partial charge in [0.15, 0.2) is 5.58 Å². The van der Waals surface area contributed by atoms with Gasteiger partial charge in [0, 0.05) is 52.1 Å². The van der Waals surface area contributed by atoms with Gasteiger partial charge in [-0.2, -0.15) is 0 Å². The van der Waals surface area contributed by atoms with Crippen LogP contribution in [0.1, 0.15) is 0 Å². The zero-order valence-corrected chi connectivity index (χ0v) is 33.8. The summed E-state index contributed by atoms with van der Waals surface area (Å²) in [7, 11) is -1.95. The summed E-state index contributed by atoms with van der Waals surface area (Å²) in [6.45, 7) is 0. The van der Waals surface area contributed by atoms with Crippen molar-refractivity contribution < 1.29 is 4.42 Å². The Balaban J connectivity index is 1.17. The van der Waals surface area contributed by atoms with Crippen LogP contribution < -0.4 is 0 Å². The predicted octanol–water partition coefficient (Wildman–Crippen LogP) is 15.3. The van der Waals surface area contributed by atoms with Gasteiger partial charge in [0.05, 0.1) is 16.7 Å². The summed E-state index contributed by atoms with van der Waals surface area (Å²) in [5.74, 6) is 0.592. The first kappa shape index (κ1) is 35.2. The number of fused-ring (bicyclic) bond motifs is 8. The quantitative estimate of drug-likeness (QED) is 0.161. The van der Waals surface area contributed by atoms with Crippen molar-refractivity contribution >= 4 is 64.7 Å². The molecule has 5 heteroatoms. The summed E-state index contributed by atoms with van der Waals surface area (Å²) in [6.07, 6.45) is 0. The first-order valence-electron chi connectivity index (χ1n) is 20.6. The van der Waals surface area contributed by atoms with Crippen molar-refractivity contribution in [3.8, 4) is 28.3 Å². The molecule has 0 saturated heterocycles. The predicted molar refractivity (Wildman–Crippen MR) is 252 cm³/mol. The summed E-state index contributed by atoms with van der Waals surface area (Å²) in [4.78, 5) is 15.9. The number of hydrogen-bond acceptors (Lipinski definition) is 3. The van der Waals surface area contributed by atoms with E-state index in [4.69, 9.17) is 14.4 Å². The average Bonchev–Trinajstić information content (AvgIpc) is 3.89. The van der Waals surface area contributed by atoms with E-state index in [2.05, 4.69) is 211 Å². The van der Waals surface area contributed by atoms with E-state index < -0.39 is 10.0 Å². The van der Waals surface area contributed by atoms with Crippen molar-refractivity contribution in [2.75, 3.05) is 0 Å². The fourth-order valence-electron chi connectivity index (χ4n) is 9.18. The molecule has 9 aromatic carbocycles. The van der Waals surface area contributed by atoms with Gasteiger partial charge in [0.2, 0.25) is 5.95 Å². The van der Waals surface area contributed by atoms with Crippen LogP contribution in [-0.2, 0) is 0 Å². The van der Waals surface area contributed by atoms with Crippen LogP contribution in [0.3, 0.4) is 0 Å². The molecule has 0 unspecified atom stereocenters. The van der Waals surface area contributed by atoms with Gasteiger partial charge in [0.1, 0.15) is 11.1 Å². The molecule has 0 aliphatic heterocycles. The number of aromatic nitrogens is 3. The maximum atomic E-state index is 6.85. The number of para-hydroxylation sites is 2. The largest absolute Gasteiger partial charge is 0.454 e. The fourth-order valence-corrected chi connectivity index (χ4v) is 13.1. The lowest BCUT2D eigenvalue weighted by Gasteiger charge is -2.42. The topological polar surface area (TPSA) is 43.9 Å². The van der Waals surface area contributed by atoms with Crippen LogP contribution >= 0.6 is 10.0 Å². The highest BCUT2D eigenvalue weighted by Crippen LogP contribution is 2.73. The van der Waals surface area contributed by atoms with Gasteiger partial charge < -0.3 is 4.42 Å². The highest BCUT2D eigenvalue weighted by molar-refractivity contribution is 8.34. The Hall–Kier alpha value is -7.73. The van der Waals surface area contributed by atoms with Gasteiger partial charge in [0.25, 0.3) is 0 Å². The summed E-state index contributed by atoms with van der Waals surface area (Å²) >= 11 is 0. The summed E-state index contributed by atoms with van der Waals surface area (Å²) in [5.41, 5.74) is 8.74.